The fourth-order valence-corrected chi connectivity index (χ4v) is 4.92. The monoisotopic (exact) mass is 548 g/mol. The molecule has 0 bridgehead atoms. The molecule has 1 N–H and O–H groups in total. The van der Waals surface area contributed by atoms with Crippen LogP contribution in [0.3, 0.4) is 0 Å². The van der Waals surface area contributed by atoms with E-state index in [1.807, 2.05) is 52.0 Å². The van der Waals surface area contributed by atoms with E-state index in [2.05, 4.69) is 48.5 Å². The highest BCUT2D eigenvalue weighted by Crippen LogP contribution is 2.34. The average molecular weight is 549 g/mol. The minimum absolute atomic E-state index is 0.00704. The lowest BCUT2D eigenvalue weighted by Gasteiger charge is -2.20. The second-order valence-corrected chi connectivity index (χ2v) is 11.3. The lowest BCUT2D eigenvalue weighted by atomic mass is 10.1. The zero-order valence-corrected chi connectivity index (χ0v) is 23.8. The molecular formula is C33H40O7. The third-order valence-corrected chi connectivity index (χ3v) is 7.24. The maximum Gasteiger partial charge on any atom is 0.163 e. The summed E-state index contributed by atoms with van der Waals surface area (Å²) in [6.07, 6.45) is -0.369. The summed E-state index contributed by atoms with van der Waals surface area (Å²) in [4.78, 5) is 0. The first kappa shape index (κ1) is 28.9. The molecule has 2 fully saturated rings. The van der Waals surface area contributed by atoms with E-state index in [4.69, 9.17) is 28.4 Å². The van der Waals surface area contributed by atoms with Crippen molar-refractivity contribution in [3.63, 3.8) is 0 Å². The van der Waals surface area contributed by atoms with Crippen LogP contribution in [0.25, 0.3) is 0 Å². The molecule has 7 heteroatoms. The summed E-state index contributed by atoms with van der Waals surface area (Å²) in [6, 6.07) is 24.4. The van der Waals surface area contributed by atoms with Gasteiger partial charge in [0.05, 0.1) is 39.6 Å². The standard InChI is InChI=1S/C33H40O7/c1-32(2)37-21-30(39-32)27-13-7-24(8-14-27)18-35-20-29(26-11-5-23(17-34)6-12-26)36-19-25-9-15-28(16-10-25)31-22-38-33(3,4)40-31/h5-16,29-31,34H,17-22H2,1-4H3. The normalized spacial score (nSPS) is 22.4. The predicted octanol–water partition coefficient (Wildman–Crippen LogP) is 6.30. The van der Waals surface area contributed by atoms with Crippen molar-refractivity contribution in [3.8, 4) is 0 Å². The Balaban J connectivity index is 1.17. The van der Waals surface area contributed by atoms with Gasteiger partial charge in [0, 0.05) is 0 Å². The Hall–Kier alpha value is -2.62. The van der Waals surface area contributed by atoms with Gasteiger partial charge in [-0.25, -0.2) is 0 Å². The van der Waals surface area contributed by atoms with Crippen molar-refractivity contribution >= 4 is 0 Å². The van der Waals surface area contributed by atoms with Crippen molar-refractivity contribution in [3.05, 3.63) is 106 Å². The van der Waals surface area contributed by atoms with Crippen LogP contribution < -0.4 is 0 Å². The molecule has 2 heterocycles. The summed E-state index contributed by atoms with van der Waals surface area (Å²) < 4.78 is 35.8. The van der Waals surface area contributed by atoms with Gasteiger partial charge in [-0.15, -0.1) is 0 Å². The summed E-state index contributed by atoms with van der Waals surface area (Å²) in [7, 11) is 0. The fourth-order valence-electron chi connectivity index (χ4n) is 4.92. The van der Waals surface area contributed by atoms with Crippen LogP contribution in [-0.4, -0.2) is 36.5 Å². The lowest BCUT2D eigenvalue weighted by Crippen LogP contribution is -2.19. The molecule has 0 saturated carbocycles. The molecule has 2 aliphatic rings. The highest BCUT2D eigenvalue weighted by molar-refractivity contribution is 5.27. The summed E-state index contributed by atoms with van der Waals surface area (Å²) in [5.74, 6) is -1.10. The van der Waals surface area contributed by atoms with Crippen molar-refractivity contribution in [2.24, 2.45) is 0 Å². The van der Waals surface area contributed by atoms with Gasteiger partial charge >= 0.3 is 0 Å². The molecule has 40 heavy (non-hydrogen) atoms. The Labute approximate surface area is 236 Å². The van der Waals surface area contributed by atoms with Gasteiger partial charge < -0.3 is 33.5 Å². The summed E-state index contributed by atoms with van der Waals surface area (Å²) in [5.41, 5.74) is 6.20. The van der Waals surface area contributed by atoms with E-state index in [-0.39, 0.29) is 24.9 Å². The highest BCUT2D eigenvalue weighted by atomic mass is 16.7. The van der Waals surface area contributed by atoms with E-state index in [1.54, 1.807) is 0 Å². The Morgan fingerprint density at radius 2 is 1.18 bits per heavy atom. The van der Waals surface area contributed by atoms with Crippen molar-refractivity contribution < 1.29 is 33.5 Å². The summed E-state index contributed by atoms with van der Waals surface area (Å²) in [6.45, 7) is 10.2. The summed E-state index contributed by atoms with van der Waals surface area (Å²) >= 11 is 0. The first-order chi connectivity index (χ1) is 19.2. The number of rotatable bonds is 11. The minimum atomic E-state index is -0.552. The molecule has 0 radical (unpaired) electrons. The van der Waals surface area contributed by atoms with Gasteiger partial charge in [-0.3, -0.25) is 0 Å². The number of benzene rings is 3. The van der Waals surface area contributed by atoms with Crippen LogP contribution in [-0.2, 0) is 48.2 Å². The number of hydrogen-bond donors (Lipinski definition) is 1. The van der Waals surface area contributed by atoms with Crippen molar-refractivity contribution in [2.75, 3.05) is 19.8 Å². The Bertz CT molecular complexity index is 1220. The molecule has 2 saturated heterocycles. The SMILES string of the molecule is CC1(C)OCC(c2ccc(COCC(OCc3ccc(C4COC(C)(C)O4)cc3)c3ccc(CO)cc3)cc2)O1. The number of aliphatic hydroxyl groups is 1. The van der Waals surface area contributed by atoms with Gasteiger partial charge in [-0.05, 0) is 61.1 Å². The number of aliphatic hydroxyl groups excluding tert-OH is 1. The van der Waals surface area contributed by atoms with E-state index in [0.29, 0.717) is 33.0 Å². The van der Waals surface area contributed by atoms with Crippen LogP contribution in [0.5, 0.6) is 0 Å². The fraction of sp³-hybridized carbons (Fsp3) is 0.455. The third-order valence-electron chi connectivity index (χ3n) is 7.24. The van der Waals surface area contributed by atoms with Crippen LogP contribution in [0.2, 0.25) is 0 Å². The van der Waals surface area contributed by atoms with E-state index < -0.39 is 11.6 Å². The quantitative estimate of drug-likeness (QED) is 0.301. The van der Waals surface area contributed by atoms with Gasteiger partial charge in [0.25, 0.3) is 0 Å². The number of ether oxygens (including phenoxy) is 6. The first-order valence-corrected chi connectivity index (χ1v) is 13.9. The molecule has 0 aromatic heterocycles. The van der Waals surface area contributed by atoms with Crippen LogP contribution in [0, 0.1) is 0 Å². The third kappa shape index (κ3) is 7.56. The molecule has 3 atom stereocenters. The van der Waals surface area contributed by atoms with E-state index >= 15 is 0 Å². The molecule has 3 aromatic rings. The first-order valence-electron chi connectivity index (χ1n) is 13.9. The summed E-state index contributed by atoms with van der Waals surface area (Å²) in [5, 5.41) is 9.44. The van der Waals surface area contributed by atoms with Crippen molar-refractivity contribution in [1.29, 1.82) is 0 Å². The molecule has 214 valence electrons. The smallest absolute Gasteiger partial charge is 0.163 e. The van der Waals surface area contributed by atoms with Crippen LogP contribution in [0.1, 0.15) is 79.4 Å². The van der Waals surface area contributed by atoms with Gasteiger partial charge in [-0.1, -0.05) is 72.8 Å². The topological polar surface area (TPSA) is 75.6 Å². The molecule has 3 unspecified atom stereocenters. The van der Waals surface area contributed by atoms with E-state index in [1.165, 1.54) is 0 Å². The molecule has 0 aliphatic carbocycles. The zero-order chi connectivity index (χ0) is 28.2. The second kappa shape index (κ2) is 12.5. The van der Waals surface area contributed by atoms with E-state index in [0.717, 1.165) is 33.4 Å². The largest absolute Gasteiger partial charge is 0.392 e. The molecule has 0 amide bonds. The predicted molar refractivity (Wildman–Crippen MR) is 150 cm³/mol. The lowest BCUT2D eigenvalue weighted by molar-refractivity contribution is -0.139. The zero-order valence-electron chi connectivity index (χ0n) is 23.8. The van der Waals surface area contributed by atoms with Gasteiger partial charge in [0.1, 0.15) is 18.3 Å². The van der Waals surface area contributed by atoms with Gasteiger partial charge in [0.2, 0.25) is 0 Å². The minimum Gasteiger partial charge on any atom is -0.392 e. The Morgan fingerprint density at radius 1 is 0.700 bits per heavy atom. The second-order valence-electron chi connectivity index (χ2n) is 11.3. The van der Waals surface area contributed by atoms with Gasteiger partial charge in [-0.2, -0.15) is 0 Å². The van der Waals surface area contributed by atoms with Crippen LogP contribution >= 0.6 is 0 Å². The van der Waals surface area contributed by atoms with Crippen LogP contribution in [0.4, 0.5) is 0 Å². The number of hydrogen-bond acceptors (Lipinski definition) is 7. The maximum atomic E-state index is 9.44. The van der Waals surface area contributed by atoms with Crippen molar-refractivity contribution in [2.45, 2.75) is 77.4 Å². The molecule has 3 aromatic carbocycles. The molecule has 0 spiro atoms. The van der Waals surface area contributed by atoms with Crippen LogP contribution in [0.15, 0.2) is 72.8 Å². The van der Waals surface area contributed by atoms with Gasteiger partial charge in [0.15, 0.2) is 11.6 Å². The molecule has 5 rings (SSSR count). The average Bonchev–Trinajstić information content (AvgIpc) is 3.51. The maximum absolute atomic E-state index is 9.44. The Kier molecular flexibility index (Phi) is 9.02. The van der Waals surface area contributed by atoms with Crippen molar-refractivity contribution in [1.82, 2.24) is 0 Å². The molecule has 7 nitrogen and oxygen atoms in total. The molecular weight excluding hydrogens is 508 g/mol. The van der Waals surface area contributed by atoms with E-state index in [9.17, 15) is 5.11 Å². The highest BCUT2D eigenvalue weighted by Gasteiger charge is 2.34. The molecule has 2 aliphatic heterocycles. The Morgan fingerprint density at radius 3 is 1.62 bits per heavy atom.